The van der Waals surface area contributed by atoms with Crippen LogP contribution in [0.3, 0.4) is 0 Å². The normalized spacial score (nSPS) is 15.9. The fourth-order valence-electron chi connectivity index (χ4n) is 3.22. The predicted molar refractivity (Wildman–Crippen MR) is 82.9 cm³/mol. The molecule has 0 aliphatic heterocycles. The molecule has 0 atom stereocenters. The lowest BCUT2D eigenvalue weighted by Gasteiger charge is -2.31. The molecule has 0 spiro atoms. The molecule has 1 amide bonds. The van der Waals surface area contributed by atoms with Crippen molar-refractivity contribution in [3.8, 4) is 17.6 Å². The second kappa shape index (κ2) is 7.17. The van der Waals surface area contributed by atoms with E-state index >= 15 is 0 Å². The molecule has 2 rings (SSSR count). The largest absolute Gasteiger partial charge is 0.497 e. The Kier molecular flexibility index (Phi) is 5.26. The SMILES string of the molecule is COc1ccc(OC)c(C2(CNC(=O)CC#N)CCCC2)c1. The first kappa shape index (κ1) is 16.2. The van der Waals surface area contributed by atoms with Gasteiger partial charge in [0.25, 0.3) is 0 Å². The van der Waals surface area contributed by atoms with Crippen LogP contribution in [-0.2, 0) is 10.2 Å². The maximum atomic E-state index is 11.7. The minimum absolute atomic E-state index is 0.106. The number of methoxy groups -OCH3 is 2. The van der Waals surface area contributed by atoms with Gasteiger partial charge in [-0.15, -0.1) is 0 Å². The lowest BCUT2D eigenvalue weighted by Crippen LogP contribution is -2.39. The van der Waals surface area contributed by atoms with Crippen LogP contribution in [0.5, 0.6) is 11.5 Å². The fraction of sp³-hybridized carbons (Fsp3) is 0.529. The smallest absolute Gasteiger partial charge is 0.234 e. The summed E-state index contributed by atoms with van der Waals surface area (Å²) in [7, 11) is 3.30. The third-order valence-corrected chi connectivity index (χ3v) is 4.40. The van der Waals surface area contributed by atoms with Gasteiger partial charge in [0.15, 0.2) is 0 Å². The molecule has 0 aromatic heterocycles. The van der Waals surface area contributed by atoms with Crippen molar-refractivity contribution in [2.24, 2.45) is 0 Å². The van der Waals surface area contributed by atoms with Crippen LogP contribution in [0.1, 0.15) is 37.7 Å². The van der Waals surface area contributed by atoms with Gasteiger partial charge in [0.2, 0.25) is 5.91 Å². The molecule has 1 fully saturated rings. The molecule has 5 heteroatoms. The van der Waals surface area contributed by atoms with Gasteiger partial charge in [0.05, 0.1) is 20.3 Å². The lowest BCUT2D eigenvalue weighted by molar-refractivity contribution is -0.120. The lowest BCUT2D eigenvalue weighted by atomic mass is 9.78. The molecule has 1 N–H and O–H groups in total. The standard InChI is InChI=1S/C17H22N2O3/c1-21-13-5-6-15(22-2)14(11-13)17(8-3-4-9-17)12-19-16(20)7-10-18/h5-6,11H,3-4,7-9,12H2,1-2H3,(H,19,20). The van der Waals surface area contributed by atoms with Crippen molar-refractivity contribution in [1.82, 2.24) is 5.32 Å². The van der Waals surface area contributed by atoms with Gasteiger partial charge in [-0.2, -0.15) is 5.26 Å². The molecule has 5 nitrogen and oxygen atoms in total. The van der Waals surface area contributed by atoms with E-state index in [1.807, 2.05) is 24.3 Å². The minimum Gasteiger partial charge on any atom is -0.497 e. The Bertz CT molecular complexity index is 572. The molecule has 1 aliphatic carbocycles. The highest BCUT2D eigenvalue weighted by atomic mass is 16.5. The van der Waals surface area contributed by atoms with E-state index < -0.39 is 0 Å². The third kappa shape index (κ3) is 3.33. The maximum absolute atomic E-state index is 11.7. The molecule has 22 heavy (non-hydrogen) atoms. The highest BCUT2D eigenvalue weighted by molar-refractivity contribution is 5.78. The van der Waals surface area contributed by atoms with Crippen molar-refractivity contribution >= 4 is 5.91 Å². The summed E-state index contributed by atoms with van der Waals surface area (Å²) in [6, 6.07) is 7.66. The highest BCUT2D eigenvalue weighted by Crippen LogP contribution is 2.45. The van der Waals surface area contributed by atoms with Gasteiger partial charge in [-0.05, 0) is 31.0 Å². The third-order valence-electron chi connectivity index (χ3n) is 4.40. The molecule has 0 saturated heterocycles. The number of carbonyl (C=O) groups excluding carboxylic acids is 1. The fourth-order valence-corrected chi connectivity index (χ4v) is 3.22. The Labute approximate surface area is 131 Å². The number of hydrogen-bond donors (Lipinski definition) is 1. The molecule has 1 saturated carbocycles. The quantitative estimate of drug-likeness (QED) is 0.876. The predicted octanol–water partition coefficient (Wildman–Crippen LogP) is 2.55. The van der Waals surface area contributed by atoms with E-state index in [1.54, 1.807) is 14.2 Å². The van der Waals surface area contributed by atoms with Crippen LogP contribution < -0.4 is 14.8 Å². The number of ether oxygens (including phenoxy) is 2. The average molecular weight is 302 g/mol. The number of benzene rings is 1. The summed E-state index contributed by atoms with van der Waals surface area (Å²) in [4.78, 5) is 11.7. The van der Waals surface area contributed by atoms with E-state index in [1.165, 1.54) is 0 Å². The van der Waals surface area contributed by atoms with Crippen LogP contribution >= 0.6 is 0 Å². The summed E-state index contributed by atoms with van der Waals surface area (Å²) in [5.74, 6) is 1.37. The van der Waals surface area contributed by atoms with Gasteiger partial charge < -0.3 is 14.8 Å². The summed E-state index contributed by atoms with van der Waals surface area (Å²) < 4.78 is 10.9. The molecular formula is C17H22N2O3. The Hall–Kier alpha value is -2.22. The van der Waals surface area contributed by atoms with Crippen LogP contribution in [-0.4, -0.2) is 26.7 Å². The summed E-state index contributed by atoms with van der Waals surface area (Å²) in [5, 5.41) is 11.5. The molecule has 1 aliphatic rings. The number of nitrogens with one attached hydrogen (secondary N) is 1. The first-order valence-corrected chi connectivity index (χ1v) is 7.51. The number of rotatable bonds is 6. The number of amides is 1. The Morgan fingerprint density at radius 3 is 2.64 bits per heavy atom. The Balaban J connectivity index is 2.30. The number of hydrogen-bond acceptors (Lipinski definition) is 4. The van der Waals surface area contributed by atoms with Crippen LogP contribution in [0, 0.1) is 11.3 Å². The van der Waals surface area contributed by atoms with E-state index in [2.05, 4.69) is 5.32 Å². The minimum atomic E-state index is -0.226. The monoisotopic (exact) mass is 302 g/mol. The second-order valence-electron chi connectivity index (χ2n) is 5.67. The van der Waals surface area contributed by atoms with Gasteiger partial charge >= 0.3 is 0 Å². The second-order valence-corrected chi connectivity index (χ2v) is 5.67. The highest BCUT2D eigenvalue weighted by Gasteiger charge is 2.38. The zero-order chi connectivity index (χ0) is 16.0. The van der Waals surface area contributed by atoms with Crippen molar-refractivity contribution in [3.63, 3.8) is 0 Å². The number of nitriles is 1. The van der Waals surface area contributed by atoms with Crippen LogP contribution in [0.15, 0.2) is 18.2 Å². The molecule has 0 heterocycles. The van der Waals surface area contributed by atoms with Crippen molar-refractivity contribution in [1.29, 1.82) is 5.26 Å². The van der Waals surface area contributed by atoms with Crippen LogP contribution in [0.2, 0.25) is 0 Å². The zero-order valence-electron chi connectivity index (χ0n) is 13.1. The first-order valence-electron chi connectivity index (χ1n) is 7.51. The van der Waals surface area contributed by atoms with E-state index in [4.69, 9.17) is 14.7 Å². The first-order chi connectivity index (χ1) is 10.6. The Morgan fingerprint density at radius 1 is 1.32 bits per heavy atom. The molecular weight excluding hydrogens is 280 g/mol. The number of nitrogens with zero attached hydrogens (tertiary/aromatic N) is 1. The van der Waals surface area contributed by atoms with Gasteiger partial charge in [0, 0.05) is 17.5 Å². The van der Waals surface area contributed by atoms with Gasteiger partial charge in [-0.25, -0.2) is 0 Å². The van der Waals surface area contributed by atoms with E-state index in [9.17, 15) is 4.79 Å². The van der Waals surface area contributed by atoms with Gasteiger partial charge in [-0.3, -0.25) is 4.79 Å². The maximum Gasteiger partial charge on any atom is 0.234 e. The molecule has 1 aromatic rings. The van der Waals surface area contributed by atoms with Crippen LogP contribution in [0.4, 0.5) is 0 Å². The van der Waals surface area contributed by atoms with E-state index in [0.29, 0.717) is 6.54 Å². The van der Waals surface area contributed by atoms with Crippen molar-refractivity contribution < 1.29 is 14.3 Å². The Morgan fingerprint density at radius 2 is 2.05 bits per heavy atom. The van der Waals surface area contributed by atoms with Crippen molar-refractivity contribution in [2.45, 2.75) is 37.5 Å². The van der Waals surface area contributed by atoms with Crippen molar-refractivity contribution in [3.05, 3.63) is 23.8 Å². The topological polar surface area (TPSA) is 71.3 Å². The van der Waals surface area contributed by atoms with Gasteiger partial charge in [-0.1, -0.05) is 12.8 Å². The average Bonchev–Trinajstić information content (AvgIpc) is 3.02. The molecule has 118 valence electrons. The molecule has 0 bridgehead atoms. The molecule has 0 radical (unpaired) electrons. The summed E-state index contributed by atoms with van der Waals surface area (Å²) >= 11 is 0. The summed E-state index contributed by atoms with van der Waals surface area (Å²) in [5.41, 5.74) is 0.925. The van der Waals surface area contributed by atoms with Gasteiger partial charge in [0.1, 0.15) is 17.9 Å². The molecule has 0 unspecified atom stereocenters. The van der Waals surface area contributed by atoms with E-state index in [0.717, 1.165) is 42.7 Å². The summed E-state index contributed by atoms with van der Waals surface area (Å²) in [6.45, 7) is 0.525. The zero-order valence-corrected chi connectivity index (χ0v) is 13.1. The van der Waals surface area contributed by atoms with Crippen LogP contribution in [0.25, 0.3) is 0 Å². The summed E-state index contributed by atoms with van der Waals surface area (Å²) in [6.07, 6.45) is 4.11. The van der Waals surface area contributed by atoms with E-state index in [-0.39, 0.29) is 17.7 Å². The number of carbonyl (C=O) groups is 1. The van der Waals surface area contributed by atoms with Crippen molar-refractivity contribution in [2.75, 3.05) is 20.8 Å². The molecule has 1 aromatic carbocycles.